The minimum atomic E-state index is 0.381. The molecule has 0 fully saturated rings. The van der Waals surface area contributed by atoms with Crippen molar-refractivity contribution in [1.82, 2.24) is 0 Å². The van der Waals surface area contributed by atoms with Gasteiger partial charge in [0, 0.05) is 0 Å². The second-order valence-electron chi connectivity index (χ2n) is 2.28. The highest BCUT2D eigenvalue weighted by Crippen LogP contribution is 1.98. The van der Waals surface area contributed by atoms with Crippen molar-refractivity contribution in [2.75, 3.05) is 6.61 Å². The van der Waals surface area contributed by atoms with Crippen molar-refractivity contribution < 1.29 is 30.3 Å². The van der Waals surface area contributed by atoms with Gasteiger partial charge >= 0.3 is 0 Å². The first-order valence-corrected chi connectivity index (χ1v) is 3.20. The van der Waals surface area contributed by atoms with Gasteiger partial charge in [0.25, 0.3) is 0 Å². The topological polar surface area (TPSA) is 66.4 Å². The minimum absolute atomic E-state index is 0.381. The van der Waals surface area contributed by atoms with Gasteiger partial charge < -0.3 is 0 Å². The van der Waals surface area contributed by atoms with Gasteiger partial charge in [0.2, 0.25) is 0 Å². The molecular formula is C5H12O6. The third kappa shape index (κ3) is 9.76. The van der Waals surface area contributed by atoms with E-state index in [1.165, 1.54) is 0 Å². The second-order valence-corrected chi connectivity index (χ2v) is 2.28. The summed E-state index contributed by atoms with van der Waals surface area (Å²) in [5.74, 6) is 0.522. The van der Waals surface area contributed by atoms with E-state index in [1.54, 1.807) is 0 Å². The van der Waals surface area contributed by atoms with E-state index in [0.717, 1.165) is 6.42 Å². The molecule has 0 aliphatic rings. The van der Waals surface area contributed by atoms with Crippen molar-refractivity contribution >= 4 is 0 Å². The summed E-state index contributed by atoms with van der Waals surface area (Å²) in [6, 6.07) is 0. The lowest BCUT2D eigenvalue weighted by atomic mass is 10.1. The van der Waals surface area contributed by atoms with Crippen LogP contribution in [0.25, 0.3) is 0 Å². The number of rotatable bonds is 7. The number of hydrogen-bond donors (Lipinski definition) is 1. The van der Waals surface area contributed by atoms with Crippen LogP contribution < -0.4 is 0 Å². The normalized spacial score (nSPS) is 10.9. The van der Waals surface area contributed by atoms with Crippen LogP contribution in [0.5, 0.6) is 0 Å². The van der Waals surface area contributed by atoms with Gasteiger partial charge in [-0.1, -0.05) is 13.8 Å². The van der Waals surface area contributed by atoms with E-state index in [-0.39, 0.29) is 0 Å². The van der Waals surface area contributed by atoms with E-state index in [4.69, 9.17) is 5.26 Å². The van der Waals surface area contributed by atoms with Crippen LogP contribution >= 0.6 is 0 Å². The van der Waals surface area contributed by atoms with E-state index in [2.05, 4.69) is 25.0 Å². The van der Waals surface area contributed by atoms with E-state index in [9.17, 15) is 0 Å². The Labute approximate surface area is 64.2 Å². The molecule has 0 aliphatic carbocycles. The summed E-state index contributed by atoms with van der Waals surface area (Å²) < 4.78 is 0. The first kappa shape index (κ1) is 10.8. The Morgan fingerprint density at radius 3 is 2.45 bits per heavy atom. The molecule has 11 heavy (non-hydrogen) atoms. The molecule has 6 nitrogen and oxygen atoms in total. The van der Waals surface area contributed by atoms with Gasteiger partial charge in [-0.25, -0.2) is 10.1 Å². The van der Waals surface area contributed by atoms with Crippen LogP contribution in [0.2, 0.25) is 0 Å². The number of hydrogen-bond acceptors (Lipinski definition) is 6. The fourth-order valence-corrected chi connectivity index (χ4v) is 0.361. The first-order chi connectivity index (χ1) is 5.27. The van der Waals surface area contributed by atoms with Crippen molar-refractivity contribution in [1.29, 1.82) is 0 Å². The van der Waals surface area contributed by atoms with Crippen molar-refractivity contribution in [3.63, 3.8) is 0 Å². The monoisotopic (exact) mass is 168 g/mol. The maximum atomic E-state index is 7.53. The van der Waals surface area contributed by atoms with Crippen LogP contribution in [0.1, 0.15) is 20.3 Å². The molecule has 0 rings (SSSR count). The Morgan fingerprint density at radius 1 is 1.18 bits per heavy atom. The average molecular weight is 168 g/mol. The fourth-order valence-electron chi connectivity index (χ4n) is 0.361. The van der Waals surface area contributed by atoms with E-state index >= 15 is 0 Å². The SMILES string of the molecule is CC(C)CCOOOOOO. The van der Waals surface area contributed by atoms with Gasteiger partial charge in [-0.15, -0.1) is 0 Å². The Bertz CT molecular complexity index is 75.4. The molecule has 1 N–H and O–H groups in total. The lowest BCUT2D eigenvalue weighted by molar-refractivity contribution is -0.753. The summed E-state index contributed by atoms with van der Waals surface area (Å²) in [6.07, 6.45) is 0.837. The Balaban J connectivity index is 2.80. The zero-order valence-electron chi connectivity index (χ0n) is 6.48. The van der Waals surface area contributed by atoms with Gasteiger partial charge in [0.15, 0.2) is 0 Å². The highest BCUT2D eigenvalue weighted by Gasteiger charge is 1.95. The van der Waals surface area contributed by atoms with Gasteiger partial charge in [0.1, 0.15) is 0 Å². The van der Waals surface area contributed by atoms with Crippen LogP contribution in [0.4, 0.5) is 0 Å². The predicted molar refractivity (Wildman–Crippen MR) is 32.4 cm³/mol. The first-order valence-electron chi connectivity index (χ1n) is 3.20. The molecule has 0 amide bonds. The van der Waals surface area contributed by atoms with Crippen LogP contribution in [0.3, 0.4) is 0 Å². The zero-order valence-corrected chi connectivity index (χ0v) is 6.48. The summed E-state index contributed by atoms with van der Waals surface area (Å²) in [7, 11) is 0. The average Bonchev–Trinajstić information content (AvgIpc) is 1.96. The summed E-state index contributed by atoms with van der Waals surface area (Å²) in [5, 5.41) is 21.6. The molecule has 0 spiro atoms. The van der Waals surface area contributed by atoms with Crippen LogP contribution in [0, 0.1) is 5.92 Å². The molecule has 0 aromatic carbocycles. The smallest absolute Gasteiger partial charge is 0.0857 e. The Morgan fingerprint density at radius 2 is 1.91 bits per heavy atom. The molecule has 0 heterocycles. The molecule has 0 radical (unpaired) electrons. The third-order valence-electron chi connectivity index (χ3n) is 0.913. The summed E-state index contributed by atoms with van der Waals surface area (Å²) >= 11 is 0. The van der Waals surface area contributed by atoms with Crippen molar-refractivity contribution in [2.24, 2.45) is 5.92 Å². The molecule has 68 valence electrons. The standard InChI is InChI=1S/C5H12O6/c1-5(2)3-4-7-9-11-10-8-6/h5-6H,3-4H2,1-2H3. The van der Waals surface area contributed by atoms with Gasteiger partial charge in [-0.2, -0.15) is 0 Å². The molecule has 0 aromatic rings. The maximum Gasteiger partial charge on any atom is 0.0857 e. The van der Waals surface area contributed by atoms with Crippen molar-refractivity contribution in [3.8, 4) is 0 Å². The van der Waals surface area contributed by atoms with E-state index in [0.29, 0.717) is 12.5 Å². The van der Waals surface area contributed by atoms with Crippen LogP contribution in [-0.4, -0.2) is 11.9 Å². The lowest BCUT2D eigenvalue weighted by Gasteiger charge is -2.02. The molecule has 6 heteroatoms. The van der Waals surface area contributed by atoms with Crippen LogP contribution in [0.15, 0.2) is 0 Å². The summed E-state index contributed by atoms with van der Waals surface area (Å²) in [5.41, 5.74) is 0. The van der Waals surface area contributed by atoms with E-state index < -0.39 is 0 Å². The van der Waals surface area contributed by atoms with Crippen molar-refractivity contribution in [3.05, 3.63) is 0 Å². The molecular weight excluding hydrogens is 156 g/mol. The molecule has 0 aliphatic heterocycles. The fraction of sp³-hybridized carbons (Fsp3) is 1.00. The largest absolute Gasteiger partial charge is 0.219 e. The van der Waals surface area contributed by atoms with E-state index in [1.807, 2.05) is 13.8 Å². The quantitative estimate of drug-likeness (QED) is 0.350. The van der Waals surface area contributed by atoms with Gasteiger partial charge in [0.05, 0.1) is 6.61 Å². The minimum Gasteiger partial charge on any atom is -0.219 e. The van der Waals surface area contributed by atoms with Crippen molar-refractivity contribution in [2.45, 2.75) is 20.3 Å². The molecule has 0 unspecified atom stereocenters. The molecule has 0 saturated heterocycles. The maximum absolute atomic E-state index is 7.53. The second kappa shape index (κ2) is 7.86. The summed E-state index contributed by atoms with van der Waals surface area (Å²) in [4.78, 5) is 4.41. The predicted octanol–water partition coefficient (Wildman–Crippen LogP) is 1.25. The molecule has 0 saturated carbocycles. The van der Waals surface area contributed by atoms with Gasteiger partial charge in [-0.05, 0) is 32.5 Å². The molecule has 0 aromatic heterocycles. The highest BCUT2D eigenvalue weighted by atomic mass is 17.8. The lowest BCUT2D eigenvalue weighted by Crippen LogP contribution is -2.01. The molecule has 0 bridgehead atoms. The zero-order chi connectivity index (χ0) is 8.53. The Hall–Kier alpha value is -0.240. The van der Waals surface area contributed by atoms with Crippen LogP contribution in [-0.2, 0) is 25.0 Å². The summed E-state index contributed by atoms with van der Waals surface area (Å²) in [6.45, 7) is 4.46. The van der Waals surface area contributed by atoms with Gasteiger partial charge in [-0.3, -0.25) is 0 Å². The highest BCUT2D eigenvalue weighted by molar-refractivity contribution is 4.39. The Kier molecular flexibility index (Phi) is 7.69. The molecule has 0 atom stereocenters. The third-order valence-corrected chi connectivity index (χ3v) is 0.913.